The number of carbonyl (C=O) groups is 1. The van der Waals surface area contributed by atoms with Crippen LogP contribution in [0.15, 0.2) is 35.7 Å². The molecule has 0 saturated carbocycles. The molecule has 1 aromatic heterocycles. The third-order valence-corrected chi connectivity index (χ3v) is 3.66. The highest BCUT2D eigenvalue weighted by Gasteiger charge is 2.16. The zero-order valence-corrected chi connectivity index (χ0v) is 11.3. The summed E-state index contributed by atoms with van der Waals surface area (Å²) in [7, 11) is 1.74. The summed E-state index contributed by atoms with van der Waals surface area (Å²) < 4.78 is 0. The second-order valence-electron chi connectivity index (χ2n) is 4.18. The summed E-state index contributed by atoms with van der Waals surface area (Å²) in [6.07, 6.45) is 0. The Morgan fingerprint density at radius 2 is 2.05 bits per heavy atom. The van der Waals surface area contributed by atoms with Crippen LogP contribution in [0.1, 0.15) is 20.8 Å². The van der Waals surface area contributed by atoms with Crippen molar-refractivity contribution in [3.05, 3.63) is 51.7 Å². The SMILES string of the molecule is CN(Cc1ccc(C#N)cc1)C(=O)c1sccc1N. The third-order valence-electron chi connectivity index (χ3n) is 2.74. The number of amides is 1. The Balaban J connectivity index is 2.08. The highest BCUT2D eigenvalue weighted by atomic mass is 32.1. The molecule has 0 atom stereocenters. The van der Waals surface area contributed by atoms with Crippen LogP contribution in [0.2, 0.25) is 0 Å². The van der Waals surface area contributed by atoms with Crippen LogP contribution in [-0.4, -0.2) is 17.9 Å². The van der Waals surface area contributed by atoms with E-state index in [0.717, 1.165) is 5.56 Å². The number of nitrogens with two attached hydrogens (primary N) is 1. The van der Waals surface area contributed by atoms with Gasteiger partial charge in [-0.15, -0.1) is 11.3 Å². The molecule has 0 aliphatic carbocycles. The number of hydrogen-bond donors (Lipinski definition) is 1. The van der Waals surface area contributed by atoms with E-state index in [4.69, 9.17) is 11.0 Å². The lowest BCUT2D eigenvalue weighted by Crippen LogP contribution is -2.26. The molecular weight excluding hydrogens is 258 g/mol. The van der Waals surface area contributed by atoms with Crippen molar-refractivity contribution in [1.29, 1.82) is 5.26 Å². The molecule has 2 rings (SSSR count). The molecule has 0 unspecified atom stereocenters. The van der Waals surface area contributed by atoms with Gasteiger partial charge in [-0.3, -0.25) is 4.79 Å². The topological polar surface area (TPSA) is 70.1 Å². The van der Waals surface area contributed by atoms with Gasteiger partial charge in [0.05, 0.1) is 17.3 Å². The number of carbonyl (C=O) groups excluding carboxylic acids is 1. The number of thiophene rings is 1. The molecule has 19 heavy (non-hydrogen) atoms. The largest absolute Gasteiger partial charge is 0.397 e. The lowest BCUT2D eigenvalue weighted by atomic mass is 10.1. The van der Waals surface area contributed by atoms with Gasteiger partial charge in [-0.2, -0.15) is 5.26 Å². The fourth-order valence-corrected chi connectivity index (χ4v) is 2.51. The van der Waals surface area contributed by atoms with E-state index in [1.54, 1.807) is 35.5 Å². The normalized spacial score (nSPS) is 9.89. The highest BCUT2D eigenvalue weighted by Crippen LogP contribution is 2.21. The summed E-state index contributed by atoms with van der Waals surface area (Å²) in [4.78, 5) is 14.3. The molecule has 2 aromatic rings. The molecular formula is C14H13N3OS. The first-order valence-electron chi connectivity index (χ1n) is 5.69. The summed E-state index contributed by atoms with van der Waals surface area (Å²) in [6, 6.07) is 11.0. The lowest BCUT2D eigenvalue weighted by Gasteiger charge is -2.16. The van der Waals surface area contributed by atoms with E-state index < -0.39 is 0 Å². The highest BCUT2D eigenvalue weighted by molar-refractivity contribution is 7.12. The van der Waals surface area contributed by atoms with Gasteiger partial charge in [0.2, 0.25) is 0 Å². The first kappa shape index (κ1) is 13.1. The minimum absolute atomic E-state index is 0.0862. The number of nitriles is 1. The van der Waals surface area contributed by atoms with Gasteiger partial charge in [0.15, 0.2) is 0 Å². The van der Waals surface area contributed by atoms with Crippen molar-refractivity contribution in [2.24, 2.45) is 0 Å². The summed E-state index contributed by atoms with van der Waals surface area (Å²) >= 11 is 1.34. The van der Waals surface area contributed by atoms with Gasteiger partial charge >= 0.3 is 0 Å². The molecule has 0 bridgehead atoms. The van der Waals surface area contributed by atoms with Crippen molar-refractivity contribution in [2.75, 3.05) is 12.8 Å². The Kier molecular flexibility index (Phi) is 3.83. The van der Waals surface area contributed by atoms with Gasteiger partial charge in [0.25, 0.3) is 5.91 Å². The van der Waals surface area contributed by atoms with Crippen molar-refractivity contribution in [1.82, 2.24) is 4.90 Å². The minimum atomic E-state index is -0.0862. The fraction of sp³-hybridized carbons (Fsp3) is 0.143. The van der Waals surface area contributed by atoms with Crippen LogP contribution in [-0.2, 0) is 6.54 Å². The molecule has 0 aliphatic heterocycles. The van der Waals surface area contributed by atoms with E-state index in [1.807, 2.05) is 12.1 Å². The molecule has 5 heteroatoms. The molecule has 1 amide bonds. The molecule has 1 heterocycles. The molecule has 96 valence electrons. The maximum atomic E-state index is 12.2. The van der Waals surface area contributed by atoms with Crippen LogP contribution in [0.3, 0.4) is 0 Å². The average molecular weight is 271 g/mol. The van der Waals surface area contributed by atoms with Crippen LogP contribution in [0.25, 0.3) is 0 Å². The van der Waals surface area contributed by atoms with Crippen molar-refractivity contribution in [3.8, 4) is 6.07 Å². The van der Waals surface area contributed by atoms with Crippen LogP contribution < -0.4 is 5.73 Å². The predicted octanol–water partition coefficient (Wildman–Crippen LogP) is 2.47. The third kappa shape index (κ3) is 2.92. The number of nitrogen functional groups attached to an aromatic ring is 1. The second-order valence-corrected chi connectivity index (χ2v) is 5.09. The van der Waals surface area contributed by atoms with Gasteiger partial charge in [-0.1, -0.05) is 12.1 Å². The Morgan fingerprint density at radius 1 is 1.37 bits per heavy atom. The Hall–Kier alpha value is -2.32. The van der Waals surface area contributed by atoms with Crippen LogP contribution in [0, 0.1) is 11.3 Å². The maximum Gasteiger partial charge on any atom is 0.266 e. The van der Waals surface area contributed by atoms with Gasteiger partial charge in [-0.05, 0) is 29.1 Å². The van der Waals surface area contributed by atoms with E-state index in [2.05, 4.69) is 6.07 Å². The summed E-state index contributed by atoms with van der Waals surface area (Å²) in [5, 5.41) is 10.5. The minimum Gasteiger partial charge on any atom is -0.397 e. The van der Waals surface area contributed by atoms with E-state index in [1.165, 1.54) is 11.3 Å². The molecule has 0 spiro atoms. The zero-order valence-electron chi connectivity index (χ0n) is 10.5. The molecule has 0 aliphatic rings. The zero-order chi connectivity index (χ0) is 13.8. The van der Waals surface area contributed by atoms with Crippen LogP contribution >= 0.6 is 11.3 Å². The van der Waals surface area contributed by atoms with E-state index >= 15 is 0 Å². The first-order chi connectivity index (χ1) is 9.11. The van der Waals surface area contributed by atoms with Crippen molar-refractivity contribution >= 4 is 22.9 Å². The van der Waals surface area contributed by atoms with E-state index in [-0.39, 0.29) is 5.91 Å². The number of rotatable bonds is 3. The van der Waals surface area contributed by atoms with Crippen molar-refractivity contribution in [2.45, 2.75) is 6.54 Å². The molecule has 0 radical (unpaired) electrons. The van der Waals surface area contributed by atoms with Gasteiger partial charge in [-0.25, -0.2) is 0 Å². The number of anilines is 1. The summed E-state index contributed by atoms with van der Waals surface area (Å²) in [5.41, 5.74) is 7.84. The molecule has 1 aromatic carbocycles. The predicted molar refractivity (Wildman–Crippen MR) is 75.7 cm³/mol. The van der Waals surface area contributed by atoms with Gasteiger partial charge < -0.3 is 10.6 Å². The standard InChI is InChI=1S/C14H13N3OS/c1-17(14(18)13-12(16)6-7-19-13)9-11-4-2-10(8-15)3-5-11/h2-7H,9,16H2,1H3. The number of benzene rings is 1. The molecule has 2 N–H and O–H groups in total. The number of hydrogen-bond acceptors (Lipinski definition) is 4. The average Bonchev–Trinajstić information content (AvgIpc) is 2.85. The summed E-state index contributed by atoms with van der Waals surface area (Å²) in [6.45, 7) is 0.488. The lowest BCUT2D eigenvalue weighted by molar-refractivity contribution is 0.0791. The first-order valence-corrected chi connectivity index (χ1v) is 6.57. The second kappa shape index (κ2) is 5.55. The van der Waals surface area contributed by atoms with Crippen molar-refractivity contribution < 1.29 is 4.79 Å². The Morgan fingerprint density at radius 3 is 2.58 bits per heavy atom. The Bertz CT molecular complexity index is 625. The van der Waals surface area contributed by atoms with Crippen LogP contribution in [0.5, 0.6) is 0 Å². The van der Waals surface area contributed by atoms with E-state index in [0.29, 0.717) is 22.7 Å². The molecule has 0 fully saturated rings. The Labute approximate surface area is 115 Å². The number of nitrogens with zero attached hydrogens (tertiary/aromatic N) is 2. The van der Waals surface area contributed by atoms with E-state index in [9.17, 15) is 4.79 Å². The van der Waals surface area contributed by atoms with Gasteiger partial charge in [0.1, 0.15) is 4.88 Å². The van der Waals surface area contributed by atoms with Crippen molar-refractivity contribution in [3.63, 3.8) is 0 Å². The fourth-order valence-electron chi connectivity index (χ4n) is 1.70. The molecule has 0 saturated heterocycles. The van der Waals surface area contributed by atoms with Gasteiger partial charge in [0, 0.05) is 13.6 Å². The quantitative estimate of drug-likeness (QED) is 0.932. The summed E-state index contributed by atoms with van der Waals surface area (Å²) in [5.74, 6) is -0.0862. The molecule has 4 nitrogen and oxygen atoms in total. The smallest absolute Gasteiger partial charge is 0.266 e. The van der Waals surface area contributed by atoms with Crippen LogP contribution in [0.4, 0.5) is 5.69 Å². The monoisotopic (exact) mass is 271 g/mol. The maximum absolute atomic E-state index is 12.2.